The van der Waals surface area contributed by atoms with E-state index in [1.165, 1.54) is 0 Å². The van der Waals surface area contributed by atoms with Crippen molar-refractivity contribution in [2.24, 2.45) is 5.73 Å². The Bertz CT molecular complexity index is 1190. The lowest BCUT2D eigenvalue weighted by Gasteiger charge is -2.16. The van der Waals surface area contributed by atoms with Gasteiger partial charge in [0.2, 0.25) is 0 Å². The van der Waals surface area contributed by atoms with Crippen LogP contribution in [0.15, 0.2) is 67.1 Å². The maximum atomic E-state index is 12.4. The molecule has 0 aliphatic heterocycles. The molecule has 0 aliphatic rings. The summed E-state index contributed by atoms with van der Waals surface area (Å²) in [5.74, 6) is 1.37. The van der Waals surface area contributed by atoms with Crippen LogP contribution in [-0.2, 0) is 0 Å². The zero-order valence-corrected chi connectivity index (χ0v) is 17.4. The molecule has 0 radical (unpaired) electrons. The summed E-state index contributed by atoms with van der Waals surface area (Å²) in [6.07, 6.45) is 5.42. The average Bonchev–Trinajstić information content (AvgIpc) is 3.24. The van der Waals surface area contributed by atoms with Crippen molar-refractivity contribution in [3.8, 4) is 17.0 Å². The van der Waals surface area contributed by atoms with E-state index in [1.54, 1.807) is 37.4 Å². The van der Waals surface area contributed by atoms with Crippen molar-refractivity contribution in [2.75, 3.05) is 32.6 Å². The fourth-order valence-corrected chi connectivity index (χ4v) is 3.33. The highest BCUT2D eigenvalue weighted by Gasteiger charge is 2.13. The van der Waals surface area contributed by atoms with Crippen molar-refractivity contribution in [1.82, 2.24) is 19.3 Å². The second kappa shape index (κ2) is 8.85. The number of aromatic nitrogens is 3. The van der Waals surface area contributed by atoms with Gasteiger partial charge < -0.3 is 20.7 Å². The molecule has 0 bridgehead atoms. The third-order valence-electron chi connectivity index (χ3n) is 5.02. The lowest BCUT2D eigenvalue weighted by atomic mass is 10.1. The Balaban J connectivity index is 1.58. The summed E-state index contributed by atoms with van der Waals surface area (Å²) in [7, 11) is 3.39. The third-order valence-corrected chi connectivity index (χ3v) is 5.02. The highest BCUT2D eigenvalue weighted by atomic mass is 16.5. The van der Waals surface area contributed by atoms with Crippen molar-refractivity contribution >= 4 is 23.1 Å². The molecule has 4 rings (SSSR count). The number of carbonyl (C=O) groups is 1. The summed E-state index contributed by atoms with van der Waals surface area (Å²) >= 11 is 0. The van der Waals surface area contributed by atoms with Crippen LogP contribution in [0.4, 0.5) is 11.5 Å². The van der Waals surface area contributed by atoms with Gasteiger partial charge in [-0.3, -0.25) is 9.20 Å². The number of benzene rings is 2. The van der Waals surface area contributed by atoms with E-state index >= 15 is 0 Å². The van der Waals surface area contributed by atoms with E-state index in [9.17, 15) is 4.79 Å². The van der Waals surface area contributed by atoms with Gasteiger partial charge in [-0.25, -0.2) is 9.97 Å². The molecule has 2 aromatic carbocycles. The summed E-state index contributed by atoms with van der Waals surface area (Å²) in [4.78, 5) is 23.0. The topological polar surface area (TPSA) is 97.8 Å². The average molecular weight is 416 g/mol. The number of imidazole rings is 1. The van der Waals surface area contributed by atoms with Gasteiger partial charge in [-0.2, -0.15) is 0 Å². The van der Waals surface area contributed by atoms with Gasteiger partial charge in [-0.1, -0.05) is 0 Å². The molecule has 0 aliphatic carbocycles. The maximum Gasteiger partial charge on any atom is 0.253 e. The van der Waals surface area contributed by atoms with Gasteiger partial charge in [-0.05, 0) is 48.5 Å². The Morgan fingerprint density at radius 2 is 1.87 bits per heavy atom. The van der Waals surface area contributed by atoms with Crippen LogP contribution in [0.3, 0.4) is 0 Å². The minimum absolute atomic E-state index is 0.0605. The Morgan fingerprint density at radius 3 is 2.55 bits per heavy atom. The number of methoxy groups -OCH3 is 1. The van der Waals surface area contributed by atoms with Crippen LogP contribution in [0.5, 0.6) is 5.75 Å². The number of ether oxygens (including phenoxy) is 1. The molecule has 0 saturated carbocycles. The minimum Gasteiger partial charge on any atom is -0.497 e. The minimum atomic E-state index is -0.0605. The summed E-state index contributed by atoms with van der Waals surface area (Å²) in [6.45, 7) is 0.946. The van der Waals surface area contributed by atoms with Gasteiger partial charge in [0, 0.05) is 49.3 Å². The Labute approximate surface area is 180 Å². The number of nitrogens with zero attached hydrogens (tertiary/aromatic N) is 4. The van der Waals surface area contributed by atoms with Crippen LogP contribution in [0.1, 0.15) is 10.4 Å². The van der Waals surface area contributed by atoms with E-state index in [-0.39, 0.29) is 5.91 Å². The number of fused-ring (bicyclic) bond motifs is 1. The standard InChI is InChI=1S/C23H24N6O2/c1-28(13-11-24)23(30)17-3-7-18(8-4-17)27-21-22-26-15-20(29(22)14-12-25-21)16-5-9-19(31-2)10-6-16/h3-10,12,14-15H,11,13,24H2,1-2H3,(H,25,27). The fourth-order valence-electron chi connectivity index (χ4n) is 3.33. The van der Waals surface area contributed by atoms with E-state index in [4.69, 9.17) is 10.5 Å². The fraction of sp³-hybridized carbons (Fsp3) is 0.174. The first-order valence-corrected chi connectivity index (χ1v) is 9.90. The van der Waals surface area contributed by atoms with Crippen molar-refractivity contribution in [3.05, 3.63) is 72.7 Å². The first kappa shape index (κ1) is 20.4. The molecule has 0 atom stereocenters. The van der Waals surface area contributed by atoms with Crippen molar-refractivity contribution in [1.29, 1.82) is 0 Å². The highest BCUT2D eigenvalue weighted by molar-refractivity contribution is 5.94. The maximum absolute atomic E-state index is 12.4. The molecule has 1 amide bonds. The normalized spacial score (nSPS) is 10.8. The molecular weight excluding hydrogens is 392 g/mol. The molecule has 158 valence electrons. The number of amides is 1. The molecule has 0 saturated heterocycles. The Hall–Kier alpha value is -3.91. The predicted molar refractivity (Wildman–Crippen MR) is 121 cm³/mol. The number of nitrogens with one attached hydrogen (secondary N) is 1. The predicted octanol–water partition coefficient (Wildman–Crippen LogP) is 3.18. The highest BCUT2D eigenvalue weighted by Crippen LogP contribution is 2.26. The monoisotopic (exact) mass is 416 g/mol. The van der Waals surface area contributed by atoms with Crippen molar-refractivity contribution < 1.29 is 9.53 Å². The first-order chi connectivity index (χ1) is 15.1. The van der Waals surface area contributed by atoms with Crippen LogP contribution in [0, 0.1) is 0 Å². The van der Waals surface area contributed by atoms with Crippen LogP contribution in [0.2, 0.25) is 0 Å². The van der Waals surface area contributed by atoms with E-state index < -0.39 is 0 Å². The molecule has 8 nitrogen and oxygen atoms in total. The van der Waals surface area contributed by atoms with Crippen LogP contribution in [-0.4, -0.2) is 52.4 Å². The van der Waals surface area contributed by atoms with Gasteiger partial charge in [-0.15, -0.1) is 0 Å². The summed E-state index contributed by atoms with van der Waals surface area (Å²) in [5.41, 5.74) is 9.63. The number of likely N-dealkylation sites (N-methyl/N-ethyl adjacent to an activating group) is 1. The third kappa shape index (κ3) is 4.19. The van der Waals surface area contributed by atoms with Crippen LogP contribution in [0.25, 0.3) is 16.9 Å². The van der Waals surface area contributed by atoms with Gasteiger partial charge in [0.1, 0.15) is 5.75 Å². The molecule has 0 spiro atoms. The van der Waals surface area contributed by atoms with E-state index in [0.717, 1.165) is 22.7 Å². The number of rotatable bonds is 7. The quantitative estimate of drug-likeness (QED) is 0.480. The largest absolute Gasteiger partial charge is 0.497 e. The van der Waals surface area contributed by atoms with E-state index in [1.807, 2.05) is 53.2 Å². The smallest absolute Gasteiger partial charge is 0.253 e. The molecule has 8 heteroatoms. The van der Waals surface area contributed by atoms with Gasteiger partial charge in [0.25, 0.3) is 5.91 Å². The van der Waals surface area contributed by atoms with E-state index in [2.05, 4.69) is 15.3 Å². The molecular formula is C23H24N6O2. The number of anilines is 2. The van der Waals surface area contributed by atoms with E-state index in [0.29, 0.717) is 30.1 Å². The lowest BCUT2D eigenvalue weighted by molar-refractivity contribution is 0.0799. The zero-order valence-electron chi connectivity index (χ0n) is 17.4. The van der Waals surface area contributed by atoms with Gasteiger partial charge in [0.15, 0.2) is 11.5 Å². The van der Waals surface area contributed by atoms with Crippen molar-refractivity contribution in [3.63, 3.8) is 0 Å². The molecule has 2 heterocycles. The SMILES string of the molecule is COc1ccc(-c2cnc3c(Nc4ccc(C(=O)N(C)CCN)cc4)nccn23)cc1. The number of hydrogen-bond donors (Lipinski definition) is 2. The van der Waals surface area contributed by atoms with Crippen LogP contribution < -0.4 is 15.8 Å². The molecule has 2 aromatic heterocycles. The molecule has 3 N–H and O–H groups in total. The zero-order chi connectivity index (χ0) is 21.8. The van der Waals surface area contributed by atoms with Crippen molar-refractivity contribution in [2.45, 2.75) is 0 Å². The van der Waals surface area contributed by atoms with Crippen LogP contribution >= 0.6 is 0 Å². The second-order valence-corrected chi connectivity index (χ2v) is 7.06. The second-order valence-electron chi connectivity index (χ2n) is 7.06. The molecule has 31 heavy (non-hydrogen) atoms. The molecule has 4 aromatic rings. The summed E-state index contributed by atoms with van der Waals surface area (Å²) in [5, 5.41) is 3.29. The Kier molecular flexibility index (Phi) is 5.81. The van der Waals surface area contributed by atoms with Gasteiger partial charge in [0.05, 0.1) is 19.0 Å². The number of carbonyl (C=O) groups excluding carboxylic acids is 1. The number of hydrogen-bond acceptors (Lipinski definition) is 6. The number of nitrogens with two attached hydrogens (primary N) is 1. The molecule has 0 fully saturated rings. The summed E-state index contributed by atoms with van der Waals surface area (Å²) in [6, 6.07) is 15.1. The van der Waals surface area contributed by atoms with Gasteiger partial charge >= 0.3 is 0 Å². The Morgan fingerprint density at radius 1 is 1.13 bits per heavy atom. The molecule has 0 unspecified atom stereocenters. The lowest BCUT2D eigenvalue weighted by Crippen LogP contribution is -2.31. The first-order valence-electron chi connectivity index (χ1n) is 9.90. The summed E-state index contributed by atoms with van der Waals surface area (Å²) < 4.78 is 7.22.